The molecule has 146 valence electrons. The van der Waals surface area contributed by atoms with Crippen molar-refractivity contribution in [1.82, 2.24) is 4.98 Å². The molecule has 3 rings (SSSR count). The number of benzene rings is 2. The van der Waals surface area contributed by atoms with Crippen molar-refractivity contribution in [2.75, 3.05) is 13.2 Å². The summed E-state index contributed by atoms with van der Waals surface area (Å²) in [6.07, 6.45) is 1.69. The Labute approximate surface area is 165 Å². The van der Waals surface area contributed by atoms with E-state index in [4.69, 9.17) is 14.2 Å². The van der Waals surface area contributed by atoms with Gasteiger partial charge in [0.25, 0.3) is 0 Å². The van der Waals surface area contributed by atoms with E-state index in [0.29, 0.717) is 26.2 Å². The highest BCUT2D eigenvalue weighted by Gasteiger charge is 2.20. The van der Waals surface area contributed by atoms with Crippen LogP contribution in [-0.2, 0) is 27.3 Å². The quantitative estimate of drug-likeness (QED) is 0.518. The Morgan fingerprint density at radius 2 is 1.79 bits per heavy atom. The number of rotatable bonds is 9. The van der Waals surface area contributed by atoms with E-state index in [2.05, 4.69) is 11.1 Å². The number of esters is 1. The summed E-state index contributed by atoms with van der Waals surface area (Å²) in [7, 11) is 0. The third-order valence-corrected chi connectivity index (χ3v) is 4.33. The van der Waals surface area contributed by atoms with Gasteiger partial charge in [-0.3, -0.25) is 4.98 Å². The third-order valence-electron chi connectivity index (χ3n) is 4.33. The molecule has 28 heavy (non-hydrogen) atoms. The number of nitrogens with zero attached hydrogens (tertiary/aromatic N) is 1. The van der Waals surface area contributed by atoms with Crippen LogP contribution in [-0.4, -0.2) is 30.3 Å². The number of hydrogen-bond acceptors (Lipinski definition) is 5. The van der Waals surface area contributed by atoms with Gasteiger partial charge in [-0.25, -0.2) is 4.79 Å². The molecule has 0 fully saturated rings. The maximum atomic E-state index is 12.0. The zero-order valence-corrected chi connectivity index (χ0v) is 16.3. The molecule has 0 aliphatic rings. The molecule has 2 aromatic carbocycles. The van der Waals surface area contributed by atoms with E-state index in [1.807, 2.05) is 55.5 Å². The van der Waals surface area contributed by atoms with Crippen molar-refractivity contribution < 1.29 is 19.0 Å². The van der Waals surface area contributed by atoms with Gasteiger partial charge in [-0.1, -0.05) is 24.3 Å². The summed E-state index contributed by atoms with van der Waals surface area (Å²) in [4.78, 5) is 16.3. The van der Waals surface area contributed by atoms with Crippen LogP contribution in [0.1, 0.15) is 25.0 Å². The van der Waals surface area contributed by atoms with Crippen LogP contribution in [0.4, 0.5) is 0 Å². The van der Waals surface area contributed by atoms with Crippen LogP contribution < -0.4 is 4.74 Å². The number of ether oxygens (including phenoxy) is 3. The van der Waals surface area contributed by atoms with Gasteiger partial charge in [-0.05, 0) is 55.3 Å². The molecular formula is C23H25NO4. The Balaban J connectivity index is 1.59. The van der Waals surface area contributed by atoms with Crippen LogP contribution >= 0.6 is 0 Å². The largest absolute Gasteiger partial charge is 0.489 e. The van der Waals surface area contributed by atoms with Crippen LogP contribution in [0, 0.1) is 0 Å². The fourth-order valence-electron chi connectivity index (χ4n) is 2.96. The SMILES string of the molecule is CCOC(=O)C(Cc1ccc(OCc2ccc3ncccc3c2)cc1)OCC. The first kappa shape index (κ1) is 19.8. The van der Waals surface area contributed by atoms with Crippen LogP contribution in [0.3, 0.4) is 0 Å². The summed E-state index contributed by atoms with van der Waals surface area (Å²) in [5.41, 5.74) is 3.06. The van der Waals surface area contributed by atoms with Gasteiger partial charge in [0.1, 0.15) is 12.4 Å². The van der Waals surface area contributed by atoms with E-state index in [9.17, 15) is 4.79 Å². The predicted octanol–water partition coefficient (Wildman–Crippen LogP) is 4.32. The molecule has 0 saturated heterocycles. The number of aromatic nitrogens is 1. The van der Waals surface area contributed by atoms with E-state index in [-0.39, 0.29) is 5.97 Å². The lowest BCUT2D eigenvalue weighted by molar-refractivity contribution is -0.156. The molecule has 5 heteroatoms. The molecule has 0 aliphatic carbocycles. The predicted molar refractivity (Wildman–Crippen MR) is 108 cm³/mol. The average molecular weight is 379 g/mol. The van der Waals surface area contributed by atoms with Gasteiger partial charge >= 0.3 is 5.97 Å². The second-order valence-electron chi connectivity index (χ2n) is 6.36. The Kier molecular flexibility index (Phi) is 6.98. The van der Waals surface area contributed by atoms with Gasteiger partial charge in [-0.2, -0.15) is 0 Å². The molecular weight excluding hydrogens is 354 g/mol. The monoisotopic (exact) mass is 379 g/mol. The van der Waals surface area contributed by atoms with Gasteiger partial charge in [0.2, 0.25) is 0 Å². The smallest absolute Gasteiger partial charge is 0.335 e. The number of pyridine rings is 1. The highest BCUT2D eigenvalue weighted by molar-refractivity contribution is 5.78. The Morgan fingerprint density at radius 3 is 2.54 bits per heavy atom. The maximum absolute atomic E-state index is 12.0. The first-order valence-corrected chi connectivity index (χ1v) is 9.53. The van der Waals surface area contributed by atoms with Crippen LogP contribution in [0.5, 0.6) is 5.75 Å². The maximum Gasteiger partial charge on any atom is 0.335 e. The topological polar surface area (TPSA) is 57.7 Å². The molecule has 1 aromatic heterocycles. The number of fused-ring (bicyclic) bond motifs is 1. The molecule has 1 atom stereocenters. The summed E-state index contributed by atoms with van der Waals surface area (Å²) < 4.78 is 16.5. The summed E-state index contributed by atoms with van der Waals surface area (Å²) in [6, 6.07) is 17.8. The van der Waals surface area contributed by atoms with E-state index in [1.54, 1.807) is 13.1 Å². The summed E-state index contributed by atoms with van der Waals surface area (Å²) in [5.74, 6) is 0.453. The first-order chi connectivity index (χ1) is 13.7. The molecule has 3 aromatic rings. The van der Waals surface area contributed by atoms with Crippen LogP contribution in [0.25, 0.3) is 10.9 Å². The Bertz CT molecular complexity index is 908. The van der Waals surface area contributed by atoms with Gasteiger partial charge < -0.3 is 14.2 Å². The van der Waals surface area contributed by atoms with E-state index < -0.39 is 6.10 Å². The van der Waals surface area contributed by atoms with E-state index in [1.165, 1.54) is 0 Å². The molecule has 5 nitrogen and oxygen atoms in total. The lowest BCUT2D eigenvalue weighted by atomic mass is 10.1. The summed E-state index contributed by atoms with van der Waals surface area (Å²) >= 11 is 0. The van der Waals surface area contributed by atoms with Gasteiger partial charge in [0.05, 0.1) is 12.1 Å². The molecule has 1 heterocycles. The second-order valence-corrected chi connectivity index (χ2v) is 6.36. The normalized spacial score (nSPS) is 11.9. The third kappa shape index (κ3) is 5.30. The van der Waals surface area contributed by atoms with Gasteiger partial charge in [0.15, 0.2) is 6.10 Å². The van der Waals surface area contributed by atoms with Crippen molar-refractivity contribution in [3.63, 3.8) is 0 Å². The molecule has 0 N–H and O–H groups in total. The minimum atomic E-state index is -0.581. The van der Waals surface area contributed by atoms with Crippen LogP contribution in [0.2, 0.25) is 0 Å². The number of carbonyl (C=O) groups is 1. The zero-order chi connectivity index (χ0) is 19.8. The molecule has 0 spiro atoms. The van der Waals surface area contributed by atoms with E-state index >= 15 is 0 Å². The molecule has 0 amide bonds. The molecule has 0 aliphatic heterocycles. The summed E-state index contributed by atoms with van der Waals surface area (Å²) in [5, 5.41) is 1.10. The second kappa shape index (κ2) is 9.85. The molecule has 0 radical (unpaired) electrons. The first-order valence-electron chi connectivity index (χ1n) is 9.53. The van der Waals surface area contributed by atoms with Gasteiger partial charge in [0, 0.05) is 24.6 Å². The van der Waals surface area contributed by atoms with Gasteiger partial charge in [-0.15, -0.1) is 0 Å². The summed E-state index contributed by atoms with van der Waals surface area (Å²) in [6.45, 7) is 4.95. The number of carbonyl (C=O) groups excluding carboxylic acids is 1. The Morgan fingerprint density at radius 1 is 1.00 bits per heavy atom. The van der Waals surface area contributed by atoms with Crippen molar-refractivity contribution >= 4 is 16.9 Å². The molecule has 0 saturated carbocycles. The van der Waals surface area contributed by atoms with Crippen molar-refractivity contribution in [2.45, 2.75) is 33.0 Å². The molecule has 0 bridgehead atoms. The van der Waals surface area contributed by atoms with E-state index in [0.717, 1.165) is 27.8 Å². The fraction of sp³-hybridized carbons (Fsp3) is 0.304. The standard InChI is InChI=1S/C23H25NO4/c1-3-26-22(23(25)27-4-2)15-17-7-10-20(11-8-17)28-16-18-9-12-21-19(14-18)6-5-13-24-21/h5-14,22H,3-4,15-16H2,1-2H3. The molecule has 1 unspecified atom stereocenters. The van der Waals surface area contributed by atoms with Crippen LogP contribution in [0.15, 0.2) is 60.8 Å². The number of hydrogen-bond donors (Lipinski definition) is 0. The van der Waals surface area contributed by atoms with Crippen molar-refractivity contribution in [1.29, 1.82) is 0 Å². The lowest BCUT2D eigenvalue weighted by Crippen LogP contribution is -2.28. The minimum Gasteiger partial charge on any atom is -0.489 e. The lowest BCUT2D eigenvalue weighted by Gasteiger charge is -2.16. The average Bonchev–Trinajstić information content (AvgIpc) is 2.73. The highest BCUT2D eigenvalue weighted by atomic mass is 16.6. The Hall–Kier alpha value is -2.92. The fourth-order valence-corrected chi connectivity index (χ4v) is 2.96. The zero-order valence-electron chi connectivity index (χ0n) is 16.3. The van der Waals surface area contributed by atoms with Crippen molar-refractivity contribution in [3.8, 4) is 5.75 Å². The van der Waals surface area contributed by atoms with Crippen molar-refractivity contribution in [3.05, 3.63) is 71.9 Å². The highest BCUT2D eigenvalue weighted by Crippen LogP contribution is 2.18. The minimum absolute atomic E-state index is 0.324. The van der Waals surface area contributed by atoms with Crippen molar-refractivity contribution in [2.24, 2.45) is 0 Å².